The number of nitrogens with zero attached hydrogens (tertiary/aromatic N) is 5. The number of quaternary nitrogens is 1. The number of rotatable bonds is 4. The van der Waals surface area contributed by atoms with E-state index in [1.54, 1.807) is 66.1 Å². The van der Waals surface area contributed by atoms with E-state index in [4.69, 9.17) is 0 Å². The number of aromatic nitrogens is 4. The van der Waals surface area contributed by atoms with E-state index in [0.29, 0.717) is 2.10 Å². The maximum atomic E-state index is 13.9. The Labute approximate surface area is 252 Å². The Hall–Kier alpha value is -3.74. The van der Waals surface area contributed by atoms with Gasteiger partial charge in [-0.3, -0.25) is 0 Å². The van der Waals surface area contributed by atoms with Gasteiger partial charge in [-0.2, -0.15) is 0 Å². The molecule has 1 spiro atoms. The van der Waals surface area contributed by atoms with Crippen LogP contribution in [0.3, 0.4) is 0 Å². The topological polar surface area (TPSA) is 53.9 Å². The van der Waals surface area contributed by atoms with Gasteiger partial charge in [0.1, 0.15) is 0 Å². The molecule has 0 unspecified atom stereocenters. The lowest BCUT2D eigenvalue weighted by Gasteiger charge is -2.18. The van der Waals surface area contributed by atoms with Gasteiger partial charge in [-0.15, -0.1) is 0 Å². The number of hydrogen-bond donors (Lipinski definition) is 0. The molecule has 0 fully saturated rings. The molecule has 0 saturated heterocycles. The Morgan fingerprint density at radius 2 is 0.585 bits per heavy atom. The van der Waals surface area contributed by atoms with Crippen molar-refractivity contribution in [1.29, 1.82) is 0 Å². The van der Waals surface area contributed by atoms with Crippen LogP contribution in [0.15, 0.2) is 151 Å². The second-order valence-corrected chi connectivity index (χ2v) is 15.1. The van der Waals surface area contributed by atoms with Crippen LogP contribution in [0.5, 0.6) is 0 Å². The van der Waals surface area contributed by atoms with E-state index in [2.05, 4.69) is 0 Å². The lowest BCUT2D eigenvalue weighted by Crippen LogP contribution is -2.26. The predicted molar refractivity (Wildman–Crippen MR) is 166 cm³/mol. The molecule has 0 atom stereocenters. The zero-order chi connectivity index (χ0) is 27.6. The summed E-state index contributed by atoms with van der Waals surface area (Å²) in [6, 6.07) is 39.0. The summed E-state index contributed by atoms with van der Waals surface area (Å²) >= 11 is 6.45. The van der Waals surface area contributed by atoms with E-state index in [0.717, 1.165) is 42.9 Å². The lowest BCUT2D eigenvalue weighted by atomic mass is 10.3. The fourth-order valence-corrected chi connectivity index (χ4v) is 11.5. The second kappa shape index (κ2) is 9.68. The van der Waals surface area contributed by atoms with Crippen LogP contribution in [0.25, 0.3) is 22.7 Å². The molecule has 11 heteroatoms. The van der Waals surface area contributed by atoms with Gasteiger partial charge in [-0.25, -0.2) is 27.9 Å². The predicted octanol–water partition coefficient (Wildman–Crippen LogP) is 7.14. The molecule has 2 aromatic heterocycles. The Kier molecular flexibility index (Phi) is 5.90. The molecule has 200 valence electrons. The van der Waals surface area contributed by atoms with Crippen LogP contribution in [0.4, 0.5) is 0 Å². The zero-order valence-electron chi connectivity index (χ0n) is 21.2. The van der Waals surface area contributed by atoms with E-state index in [1.807, 2.05) is 121 Å². The third-order valence-corrected chi connectivity index (χ3v) is 12.8. The molecule has 2 aliphatic heterocycles. The van der Waals surface area contributed by atoms with Gasteiger partial charge >= 0.3 is 11.4 Å². The summed E-state index contributed by atoms with van der Waals surface area (Å²) in [6.07, 6.45) is 0. The summed E-state index contributed by atoms with van der Waals surface area (Å²) in [5, 5.41) is 3.50. The summed E-state index contributed by atoms with van der Waals surface area (Å²) in [4.78, 5) is 27.9. The zero-order valence-corrected chi connectivity index (χ0v) is 24.5. The number of para-hydroxylation sites is 4. The van der Waals surface area contributed by atoms with Crippen molar-refractivity contribution in [3.05, 3.63) is 142 Å². The molecule has 0 radical (unpaired) electrons. The molecule has 0 N–H and O–H groups in total. The van der Waals surface area contributed by atoms with Crippen molar-refractivity contribution in [3.8, 4) is 22.7 Å². The Morgan fingerprint density at radius 3 is 0.805 bits per heavy atom. The number of hydrogen-bond acceptors (Lipinski definition) is 6. The van der Waals surface area contributed by atoms with Crippen LogP contribution in [0.2, 0.25) is 0 Å². The lowest BCUT2D eigenvalue weighted by molar-refractivity contribution is -0.268. The van der Waals surface area contributed by atoms with Crippen molar-refractivity contribution in [3.63, 3.8) is 0 Å². The van der Waals surface area contributed by atoms with Crippen LogP contribution in [0.1, 0.15) is 0 Å². The number of fused-ring (bicyclic) bond motifs is 2. The summed E-state index contributed by atoms with van der Waals surface area (Å²) in [7, 11) is 0. The van der Waals surface area contributed by atoms with Gasteiger partial charge in [0.05, 0.1) is 22.7 Å². The molecule has 0 saturated carbocycles. The molecule has 0 aliphatic carbocycles. The molecular weight excluding hydrogens is 591 g/mol. The molecule has 4 heterocycles. The Morgan fingerprint density at radius 1 is 0.366 bits per heavy atom. The van der Waals surface area contributed by atoms with Crippen LogP contribution >= 0.6 is 47.8 Å². The normalized spacial score (nSPS) is 14.8. The maximum Gasteiger partial charge on any atom is 0.339 e. The average molecular weight is 611 g/mol. The van der Waals surface area contributed by atoms with Crippen LogP contribution < -0.4 is 11.4 Å². The monoisotopic (exact) mass is 610 g/mol. The molecule has 0 bridgehead atoms. The second-order valence-electron chi connectivity index (χ2n) is 9.28. The minimum Gasteiger partial charge on any atom is -0.249 e. The third kappa shape index (κ3) is 3.92. The molecule has 7 nitrogen and oxygen atoms in total. The largest absolute Gasteiger partial charge is 0.339 e. The van der Waals surface area contributed by atoms with Gasteiger partial charge in [-0.1, -0.05) is 74.9 Å². The molecule has 0 amide bonds. The van der Waals surface area contributed by atoms with Crippen molar-refractivity contribution >= 4 is 47.8 Å². The minimum absolute atomic E-state index is 0.105. The molecule has 41 heavy (non-hydrogen) atoms. The smallest absolute Gasteiger partial charge is 0.249 e. The highest BCUT2D eigenvalue weighted by atomic mass is 32.3. The summed E-state index contributed by atoms with van der Waals surface area (Å²) < 4.78 is 7.59. The van der Waals surface area contributed by atoms with E-state index in [9.17, 15) is 9.59 Å². The van der Waals surface area contributed by atoms with Gasteiger partial charge in [0.2, 0.25) is 0 Å². The first-order valence-electron chi connectivity index (χ1n) is 12.8. The molecule has 6 aromatic rings. The number of imidazole rings is 2. The Balaban J connectivity index is 1.30. The quantitative estimate of drug-likeness (QED) is 0.156. The van der Waals surface area contributed by atoms with Crippen LogP contribution in [-0.4, -0.2) is 20.4 Å². The van der Waals surface area contributed by atoms with E-state index in [-0.39, 0.29) is 11.4 Å². The molecule has 4 aromatic carbocycles. The van der Waals surface area contributed by atoms with Gasteiger partial charge in [0, 0.05) is 0 Å². The maximum absolute atomic E-state index is 13.9. The average Bonchev–Trinajstić information content (AvgIpc) is 3.69. The number of benzene rings is 4. The first-order chi connectivity index (χ1) is 20.1. The fourth-order valence-electron chi connectivity index (χ4n) is 5.00. The third-order valence-electron chi connectivity index (χ3n) is 6.79. The van der Waals surface area contributed by atoms with E-state index < -0.39 is 0 Å². The Bertz CT molecular complexity index is 1740. The highest BCUT2D eigenvalue weighted by Crippen LogP contribution is 2.71. The standard InChI is InChI=1S/C30H20N5O2S4/c36-29-31(21-13-5-1-6-14-21)25-26(32(29)22-15-7-2-8-16-22)39-35(38-25)40-27-28(41-35)34(24-19-11-4-12-20-24)30(37)33(27)23-17-9-3-10-18-23/h1-20H/q+1. The van der Waals surface area contributed by atoms with Crippen molar-refractivity contribution < 1.29 is 2.10 Å². The van der Waals surface area contributed by atoms with Crippen LogP contribution in [0, 0.1) is 0 Å². The highest BCUT2D eigenvalue weighted by Gasteiger charge is 2.58. The van der Waals surface area contributed by atoms with Gasteiger partial charge in [0.15, 0.2) is 67.9 Å². The van der Waals surface area contributed by atoms with Crippen LogP contribution in [-0.2, 0) is 0 Å². The van der Waals surface area contributed by atoms with Crippen molar-refractivity contribution in [2.45, 2.75) is 20.1 Å². The fraction of sp³-hybridized carbons (Fsp3) is 0. The minimum atomic E-state index is -0.105. The highest BCUT2D eigenvalue weighted by molar-refractivity contribution is 8.31. The van der Waals surface area contributed by atoms with Gasteiger partial charge < -0.3 is 0 Å². The summed E-state index contributed by atoms with van der Waals surface area (Å²) in [5.74, 6) is 0. The molecule has 2 aliphatic rings. The summed E-state index contributed by atoms with van der Waals surface area (Å²) in [6.45, 7) is 0. The first kappa shape index (κ1) is 25.0. The van der Waals surface area contributed by atoms with Crippen molar-refractivity contribution in [2.75, 3.05) is 0 Å². The van der Waals surface area contributed by atoms with Gasteiger partial charge in [-0.05, 0) is 48.5 Å². The van der Waals surface area contributed by atoms with E-state index >= 15 is 0 Å². The SMILES string of the molecule is O=c1n(-c2ccccc2)c2c(n1-c1ccccc1)S[N+]1(S2)Sc2c(n(-c3ccccc3)c(=O)n2-c2ccccc2)S1. The van der Waals surface area contributed by atoms with Gasteiger partial charge in [0.25, 0.3) is 0 Å². The van der Waals surface area contributed by atoms with Crippen molar-refractivity contribution in [2.24, 2.45) is 0 Å². The summed E-state index contributed by atoms with van der Waals surface area (Å²) in [5.41, 5.74) is 3.06. The van der Waals surface area contributed by atoms with E-state index in [1.165, 1.54) is 0 Å². The first-order valence-corrected chi connectivity index (χ1v) is 15.9. The molecular formula is C30H20N5O2S4+. The van der Waals surface area contributed by atoms with Crippen molar-refractivity contribution in [1.82, 2.24) is 18.3 Å². The molecule has 8 rings (SSSR count).